The van der Waals surface area contributed by atoms with E-state index < -0.39 is 33.5 Å². The van der Waals surface area contributed by atoms with Gasteiger partial charge < -0.3 is 15.7 Å². The summed E-state index contributed by atoms with van der Waals surface area (Å²) < 4.78 is 40.3. The molecule has 2 aromatic carbocycles. The van der Waals surface area contributed by atoms with Gasteiger partial charge in [-0.1, -0.05) is 32.0 Å². The first-order valence-corrected chi connectivity index (χ1v) is 14.3. The average molecular weight is 555 g/mol. The second-order valence-electron chi connectivity index (χ2n) is 9.14. The Morgan fingerprint density at radius 2 is 1.92 bits per heavy atom. The number of carbonyl (C=O) groups is 1. The van der Waals surface area contributed by atoms with Crippen LogP contribution in [-0.2, 0) is 16.4 Å². The van der Waals surface area contributed by atoms with E-state index in [9.17, 15) is 22.7 Å². The van der Waals surface area contributed by atoms with Gasteiger partial charge in [-0.3, -0.25) is 14.2 Å². The van der Waals surface area contributed by atoms with Gasteiger partial charge in [0.1, 0.15) is 5.82 Å². The smallest absolute Gasteiger partial charge is 0.272 e. The molecular formula is C27H31FN6O4S. The quantitative estimate of drug-likeness (QED) is 0.241. The lowest BCUT2D eigenvalue weighted by Crippen LogP contribution is -2.27. The molecule has 4 aromatic rings. The number of H-pyrrole nitrogens is 1. The molecular weight excluding hydrogens is 523 g/mol. The van der Waals surface area contributed by atoms with Crippen LogP contribution in [0.4, 0.5) is 15.9 Å². The standard InChI is InChI=1S/C27H31FN6O4S/c1-6-15-12-23(35)18(28)13-17(15)20-14-21-24(25(33-32-21)27(36)29-3)26(31-20)30-19(7-2)16-10-8-9-11-22(16)34(4)39(5,37)38/h8-14,19,35H,6-7H2,1-5H3,(H,29,36)(H,30,31)(H,32,33)/t19-/m1/s1. The van der Waals surface area contributed by atoms with Crippen molar-refractivity contribution in [1.82, 2.24) is 20.5 Å². The molecule has 0 aliphatic carbocycles. The molecule has 0 aliphatic rings. The lowest BCUT2D eigenvalue weighted by molar-refractivity contribution is 0.0959. The van der Waals surface area contributed by atoms with E-state index in [1.807, 2.05) is 26.0 Å². The molecule has 0 radical (unpaired) electrons. The van der Waals surface area contributed by atoms with E-state index in [1.54, 1.807) is 18.2 Å². The Labute approximate surface area is 226 Å². The highest BCUT2D eigenvalue weighted by molar-refractivity contribution is 7.92. The molecule has 2 heterocycles. The van der Waals surface area contributed by atoms with Crippen molar-refractivity contribution in [2.75, 3.05) is 30.0 Å². The second kappa shape index (κ2) is 10.9. The van der Waals surface area contributed by atoms with Crippen LogP contribution in [0.25, 0.3) is 22.2 Å². The van der Waals surface area contributed by atoms with Gasteiger partial charge in [0, 0.05) is 19.7 Å². The van der Waals surface area contributed by atoms with E-state index in [-0.39, 0.29) is 5.69 Å². The number of aromatic hydroxyl groups is 1. The van der Waals surface area contributed by atoms with Crippen molar-refractivity contribution in [3.05, 3.63) is 65.1 Å². The SMILES string of the molecule is CCc1cc(O)c(F)cc1-c1cc2[nH]nc(C(=O)NC)c2c(N[C@H](CC)c2ccccc2N(C)S(C)(=O)=O)n1. The van der Waals surface area contributed by atoms with Crippen molar-refractivity contribution in [3.63, 3.8) is 0 Å². The summed E-state index contributed by atoms with van der Waals surface area (Å²) in [6, 6.07) is 11.0. The number of fused-ring (bicyclic) bond motifs is 1. The molecule has 0 saturated carbocycles. The summed E-state index contributed by atoms with van der Waals surface area (Å²) in [5.74, 6) is -1.34. The molecule has 4 rings (SSSR count). The summed E-state index contributed by atoms with van der Waals surface area (Å²) in [6.45, 7) is 3.82. The van der Waals surface area contributed by atoms with E-state index in [0.29, 0.717) is 57.6 Å². The molecule has 1 amide bonds. The fourth-order valence-corrected chi connectivity index (χ4v) is 5.04. The molecule has 0 bridgehead atoms. The maximum atomic E-state index is 14.4. The van der Waals surface area contributed by atoms with E-state index in [2.05, 4.69) is 20.8 Å². The number of halogens is 1. The van der Waals surface area contributed by atoms with Crippen LogP contribution >= 0.6 is 0 Å². The minimum Gasteiger partial charge on any atom is -0.505 e. The number of pyridine rings is 1. The lowest BCUT2D eigenvalue weighted by atomic mass is 9.99. The number of amides is 1. The van der Waals surface area contributed by atoms with E-state index in [1.165, 1.54) is 30.5 Å². The first-order valence-electron chi connectivity index (χ1n) is 12.4. The minimum absolute atomic E-state index is 0.123. The number of rotatable bonds is 9. The van der Waals surface area contributed by atoms with Crippen LogP contribution in [0, 0.1) is 5.82 Å². The molecule has 0 aliphatic heterocycles. The van der Waals surface area contributed by atoms with Gasteiger partial charge in [0.05, 0.1) is 34.6 Å². The third-order valence-electron chi connectivity index (χ3n) is 6.68. The number of sulfonamides is 1. The molecule has 0 saturated heterocycles. The first-order chi connectivity index (χ1) is 18.5. The monoisotopic (exact) mass is 554 g/mol. The van der Waals surface area contributed by atoms with Crippen LogP contribution in [0.5, 0.6) is 5.75 Å². The van der Waals surface area contributed by atoms with Crippen LogP contribution in [-0.4, -0.2) is 55.0 Å². The van der Waals surface area contributed by atoms with Gasteiger partial charge >= 0.3 is 0 Å². The largest absolute Gasteiger partial charge is 0.505 e. The zero-order chi connectivity index (χ0) is 28.5. The number of para-hydroxylation sites is 1. The highest BCUT2D eigenvalue weighted by Crippen LogP contribution is 2.37. The Balaban J connectivity index is 1.93. The van der Waals surface area contributed by atoms with Gasteiger partial charge in [-0.25, -0.2) is 17.8 Å². The molecule has 12 heteroatoms. The first kappa shape index (κ1) is 27.8. The predicted molar refractivity (Wildman–Crippen MR) is 150 cm³/mol. The Morgan fingerprint density at radius 3 is 2.56 bits per heavy atom. The van der Waals surface area contributed by atoms with Crippen LogP contribution in [0.3, 0.4) is 0 Å². The summed E-state index contributed by atoms with van der Waals surface area (Å²) >= 11 is 0. The molecule has 206 valence electrons. The molecule has 0 fully saturated rings. The maximum Gasteiger partial charge on any atom is 0.272 e. The molecule has 10 nitrogen and oxygen atoms in total. The molecule has 0 unspecified atom stereocenters. The predicted octanol–water partition coefficient (Wildman–Crippen LogP) is 4.35. The number of hydrogen-bond donors (Lipinski definition) is 4. The summed E-state index contributed by atoms with van der Waals surface area (Å²) in [7, 11) is -0.546. The van der Waals surface area contributed by atoms with Crippen LogP contribution < -0.4 is 14.9 Å². The average Bonchev–Trinajstić information content (AvgIpc) is 3.35. The number of nitrogens with one attached hydrogen (secondary N) is 3. The molecule has 39 heavy (non-hydrogen) atoms. The summed E-state index contributed by atoms with van der Waals surface area (Å²) in [5, 5.41) is 23.4. The van der Waals surface area contributed by atoms with Crippen molar-refractivity contribution in [2.24, 2.45) is 0 Å². The molecule has 4 N–H and O–H groups in total. The number of nitrogens with zero attached hydrogens (tertiary/aromatic N) is 3. The lowest BCUT2D eigenvalue weighted by Gasteiger charge is -2.26. The summed E-state index contributed by atoms with van der Waals surface area (Å²) in [6.07, 6.45) is 2.19. The number of aryl methyl sites for hydroxylation is 1. The van der Waals surface area contributed by atoms with Gasteiger partial charge in [0.15, 0.2) is 17.3 Å². The summed E-state index contributed by atoms with van der Waals surface area (Å²) in [4.78, 5) is 17.5. The molecule has 0 spiro atoms. The normalized spacial score (nSPS) is 12.4. The Bertz CT molecular complexity index is 1650. The van der Waals surface area contributed by atoms with E-state index in [4.69, 9.17) is 4.98 Å². The Kier molecular flexibility index (Phi) is 7.77. The van der Waals surface area contributed by atoms with Crippen molar-refractivity contribution in [2.45, 2.75) is 32.7 Å². The van der Waals surface area contributed by atoms with E-state index >= 15 is 0 Å². The van der Waals surface area contributed by atoms with Gasteiger partial charge in [-0.2, -0.15) is 5.10 Å². The van der Waals surface area contributed by atoms with E-state index in [0.717, 1.165) is 6.26 Å². The summed E-state index contributed by atoms with van der Waals surface area (Å²) in [5.41, 5.74) is 3.40. The number of aromatic amines is 1. The van der Waals surface area contributed by atoms with Gasteiger partial charge in [-0.15, -0.1) is 0 Å². The second-order valence-corrected chi connectivity index (χ2v) is 11.2. The third kappa shape index (κ3) is 5.37. The third-order valence-corrected chi connectivity index (χ3v) is 7.88. The zero-order valence-corrected chi connectivity index (χ0v) is 23.1. The number of phenolic OH excluding ortho intramolecular Hbond substituents is 1. The number of phenols is 1. The van der Waals surface area contributed by atoms with Gasteiger partial charge in [-0.05, 0) is 48.2 Å². The van der Waals surface area contributed by atoms with Crippen molar-refractivity contribution < 1.29 is 22.7 Å². The van der Waals surface area contributed by atoms with Crippen LogP contribution in [0.2, 0.25) is 0 Å². The number of benzene rings is 2. The Hall–Kier alpha value is -4.19. The molecule has 2 aromatic heterocycles. The topological polar surface area (TPSA) is 140 Å². The highest BCUT2D eigenvalue weighted by Gasteiger charge is 2.25. The number of carbonyl (C=O) groups excluding carboxylic acids is 1. The highest BCUT2D eigenvalue weighted by atomic mass is 32.2. The van der Waals surface area contributed by atoms with Crippen molar-refractivity contribution >= 4 is 38.3 Å². The number of anilines is 2. The van der Waals surface area contributed by atoms with Crippen LogP contribution in [0.1, 0.15) is 47.9 Å². The fourth-order valence-electron chi connectivity index (χ4n) is 4.52. The number of aromatic nitrogens is 3. The Morgan fingerprint density at radius 1 is 1.21 bits per heavy atom. The fraction of sp³-hybridized carbons (Fsp3) is 0.296. The minimum atomic E-state index is -3.53. The van der Waals surface area contributed by atoms with Crippen molar-refractivity contribution in [1.29, 1.82) is 0 Å². The maximum absolute atomic E-state index is 14.4. The zero-order valence-electron chi connectivity index (χ0n) is 22.3. The van der Waals surface area contributed by atoms with Crippen molar-refractivity contribution in [3.8, 4) is 17.0 Å². The molecule has 1 atom stereocenters. The number of hydrogen-bond acceptors (Lipinski definition) is 7. The van der Waals surface area contributed by atoms with Crippen LogP contribution in [0.15, 0.2) is 42.5 Å². The van der Waals surface area contributed by atoms with Gasteiger partial charge in [0.25, 0.3) is 5.91 Å². The van der Waals surface area contributed by atoms with Gasteiger partial charge in [0.2, 0.25) is 10.0 Å².